The summed E-state index contributed by atoms with van der Waals surface area (Å²) in [6, 6.07) is 14.7. The summed E-state index contributed by atoms with van der Waals surface area (Å²) in [5.74, 6) is 0.163. The second-order valence-corrected chi connectivity index (χ2v) is 8.13. The van der Waals surface area contributed by atoms with Crippen molar-refractivity contribution >= 4 is 0 Å². The van der Waals surface area contributed by atoms with E-state index in [1.807, 2.05) is 12.1 Å². The maximum absolute atomic E-state index is 14.2. The van der Waals surface area contributed by atoms with Crippen LogP contribution in [0.25, 0.3) is 11.1 Å². The van der Waals surface area contributed by atoms with E-state index in [2.05, 4.69) is 28.4 Å². The number of nitrogens with one attached hydrogen (secondary N) is 1. The van der Waals surface area contributed by atoms with Gasteiger partial charge >= 0.3 is 0 Å². The van der Waals surface area contributed by atoms with Crippen molar-refractivity contribution in [2.75, 3.05) is 13.1 Å². The predicted octanol–water partition coefficient (Wildman–Crippen LogP) is 4.18. The molecular formula is C23H24FN3. The van der Waals surface area contributed by atoms with Crippen LogP contribution in [0.4, 0.5) is 4.39 Å². The van der Waals surface area contributed by atoms with Crippen LogP contribution < -0.4 is 5.32 Å². The smallest absolute Gasteiger partial charge is 0.141 e. The summed E-state index contributed by atoms with van der Waals surface area (Å²) in [6.07, 6.45) is 4.92. The van der Waals surface area contributed by atoms with Crippen molar-refractivity contribution in [1.82, 2.24) is 10.2 Å². The van der Waals surface area contributed by atoms with Crippen molar-refractivity contribution in [3.8, 4) is 17.2 Å². The van der Waals surface area contributed by atoms with Gasteiger partial charge in [0.05, 0.1) is 5.56 Å². The van der Waals surface area contributed by atoms with Crippen LogP contribution in [0.15, 0.2) is 36.4 Å². The molecule has 138 valence electrons. The maximum atomic E-state index is 14.2. The molecule has 1 aliphatic carbocycles. The summed E-state index contributed by atoms with van der Waals surface area (Å²) in [6.45, 7) is 3.27. The monoisotopic (exact) mass is 361 g/mol. The first kappa shape index (κ1) is 16.9. The van der Waals surface area contributed by atoms with E-state index < -0.39 is 5.82 Å². The Balaban J connectivity index is 1.51. The molecule has 5 rings (SSSR count). The van der Waals surface area contributed by atoms with Gasteiger partial charge in [0.15, 0.2) is 0 Å². The fraction of sp³-hybridized carbons (Fsp3) is 0.435. The van der Waals surface area contributed by atoms with Crippen LogP contribution in [0.1, 0.15) is 48.3 Å². The van der Waals surface area contributed by atoms with Crippen LogP contribution in [0.5, 0.6) is 0 Å². The van der Waals surface area contributed by atoms with Gasteiger partial charge in [0.25, 0.3) is 0 Å². The minimum Gasteiger partial charge on any atom is -0.312 e. The molecule has 1 N–H and O–H groups in total. The third kappa shape index (κ3) is 3.05. The van der Waals surface area contributed by atoms with Crippen LogP contribution in [-0.4, -0.2) is 30.1 Å². The third-order valence-corrected chi connectivity index (χ3v) is 6.46. The number of benzene rings is 2. The summed E-state index contributed by atoms with van der Waals surface area (Å²) >= 11 is 0. The lowest BCUT2D eigenvalue weighted by molar-refractivity contribution is 0.244. The number of fused-ring (bicyclic) bond motifs is 1. The van der Waals surface area contributed by atoms with Crippen molar-refractivity contribution in [3.05, 3.63) is 58.9 Å². The molecule has 2 aliphatic heterocycles. The molecule has 3 aliphatic rings. The average Bonchev–Trinajstić information content (AvgIpc) is 3.29. The largest absolute Gasteiger partial charge is 0.312 e. The van der Waals surface area contributed by atoms with Gasteiger partial charge in [-0.15, -0.1) is 0 Å². The lowest BCUT2D eigenvalue weighted by Gasteiger charge is -2.25. The zero-order chi connectivity index (χ0) is 18.4. The highest BCUT2D eigenvalue weighted by Gasteiger charge is 2.38. The summed E-state index contributed by atoms with van der Waals surface area (Å²) < 4.78 is 14.2. The molecule has 1 saturated carbocycles. The van der Waals surface area contributed by atoms with Gasteiger partial charge in [0.1, 0.15) is 11.9 Å². The van der Waals surface area contributed by atoms with Crippen molar-refractivity contribution in [3.63, 3.8) is 0 Å². The second-order valence-electron chi connectivity index (χ2n) is 8.13. The molecule has 4 heteroatoms. The van der Waals surface area contributed by atoms with Gasteiger partial charge in [-0.05, 0) is 72.5 Å². The molecule has 2 unspecified atom stereocenters. The number of nitrogens with zero attached hydrogens (tertiary/aromatic N) is 2. The minimum atomic E-state index is -0.429. The minimum absolute atomic E-state index is 0.111. The van der Waals surface area contributed by atoms with Crippen LogP contribution in [-0.2, 0) is 6.54 Å². The fourth-order valence-corrected chi connectivity index (χ4v) is 5.00. The maximum Gasteiger partial charge on any atom is 0.141 e. The third-order valence-electron chi connectivity index (χ3n) is 6.46. The molecule has 0 aromatic heterocycles. The first-order valence-corrected chi connectivity index (χ1v) is 10.0. The number of halogens is 1. The van der Waals surface area contributed by atoms with Gasteiger partial charge in [0.2, 0.25) is 0 Å². The second kappa shape index (κ2) is 6.74. The van der Waals surface area contributed by atoms with Gasteiger partial charge in [-0.3, -0.25) is 4.90 Å². The zero-order valence-corrected chi connectivity index (χ0v) is 15.4. The predicted molar refractivity (Wildman–Crippen MR) is 104 cm³/mol. The van der Waals surface area contributed by atoms with Crippen LogP contribution in [0.2, 0.25) is 0 Å². The molecule has 3 nitrogen and oxygen atoms in total. The summed E-state index contributed by atoms with van der Waals surface area (Å²) in [7, 11) is 0. The number of rotatable bonds is 4. The highest BCUT2D eigenvalue weighted by molar-refractivity contribution is 5.71. The molecule has 0 radical (unpaired) electrons. The quantitative estimate of drug-likeness (QED) is 0.888. The number of hydrogen-bond acceptors (Lipinski definition) is 3. The van der Waals surface area contributed by atoms with E-state index in [1.54, 1.807) is 6.07 Å². The molecule has 2 heterocycles. The van der Waals surface area contributed by atoms with Crippen molar-refractivity contribution in [2.24, 2.45) is 0 Å². The molecule has 2 atom stereocenters. The first-order chi connectivity index (χ1) is 13.2. The van der Waals surface area contributed by atoms with Crippen molar-refractivity contribution in [1.29, 1.82) is 5.26 Å². The standard InChI is InChI=1S/C23H24FN3/c24-20-12-16(6-7-17(20)13-25)19-3-1-2-18(23(19)15-4-5-15)14-27-11-9-21-22(27)8-10-26-21/h1-3,6-7,12,15,21-22,26H,4-5,8-11,14H2. The lowest BCUT2D eigenvalue weighted by atomic mass is 9.91. The Morgan fingerprint density at radius 3 is 2.81 bits per heavy atom. The number of nitriles is 1. The summed E-state index contributed by atoms with van der Waals surface area (Å²) in [4.78, 5) is 2.63. The summed E-state index contributed by atoms with van der Waals surface area (Å²) in [5, 5.41) is 12.6. The number of hydrogen-bond donors (Lipinski definition) is 1. The van der Waals surface area contributed by atoms with Crippen LogP contribution in [0.3, 0.4) is 0 Å². The Morgan fingerprint density at radius 2 is 2.04 bits per heavy atom. The van der Waals surface area contributed by atoms with E-state index in [0.717, 1.165) is 30.8 Å². The molecule has 0 amide bonds. The van der Waals surface area contributed by atoms with E-state index in [1.165, 1.54) is 42.9 Å². The molecule has 0 bridgehead atoms. The van der Waals surface area contributed by atoms with Gasteiger partial charge in [-0.25, -0.2) is 4.39 Å². The highest BCUT2D eigenvalue weighted by Crippen LogP contribution is 2.47. The Bertz CT molecular complexity index is 912. The van der Waals surface area contributed by atoms with E-state index in [9.17, 15) is 4.39 Å². The lowest BCUT2D eigenvalue weighted by Crippen LogP contribution is -2.34. The van der Waals surface area contributed by atoms with Crippen molar-refractivity contribution in [2.45, 2.75) is 50.2 Å². The van der Waals surface area contributed by atoms with Gasteiger partial charge in [0, 0.05) is 25.2 Å². The SMILES string of the molecule is N#Cc1ccc(-c2cccc(CN3CCC4NCCC43)c2C2CC2)cc1F. The average molecular weight is 361 g/mol. The molecule has 27 heavy (non-hydrogen) atoms. The fourth-order valence-electron chi connectivity index (χ4n) is 5.00. The molecule has 3 fully saturated rings. The molecule has 2 saturated heterocycles. The van der Waals surface area contributed by atoms with Gasteiger partial charge < -0.3 is 5.32 Å². The first-order valence-electron chi connectivity index (χ1n) is 10.0. The zero-order valence-electron chi connectivity index (χ0n) is 15.4. The van der Waals surface area contributed by atoms with E-state index >= 15 is 0 Å². The van der Waals surface area contributed by atoms with Crippen molar-refractivity contribution < 1.29 is 4.39 Å². The van der Waals surface area contributed by atoms with E-state index in [4.69, 9.17) is 5.26 Å². The molecular weight excluding hydrogens is 337 g/mol. The van der Waals surface area contributed by atoms with Crippen LogP contribution in [0, 0.1) is 17.1 Å². The Morgan fingerprint density at radius 1 is 1.15 bits per heavy atom. The van der Waals surface area contributed by atoms with E-state index in [-0.39, 0.29) is 5.56 Å². The Labute approximate surface area is 159 Å². The normalized spacial score (nSPS) is 24.7. The number of likely N-dealkylation sites (tertiary alicyclic amines) is 1. The van der Waals surface area contributed by atoms with Crippen LogP contribution >= 0.6 is 0 Å². The van der Waals surface area contributed by atoms with Gasteiger partial charge in [-0.2, -0.15) is 5.26 Å². The van der Waals surface area contributed by atoms with E-state index in [0.29, 0.717) is 18.0 Å². The molecule has 0 spiro atoms. The Hall–Kier alpha value is -2.22. The van der Waals surface area contributed by atoms with Gasteiger partial charge in [-0.1, -0.05) is 24.3 Å². The summed E-state index contributed by atoms with van der Waals surface area (Å²) in [5.41, 5.74) is 4.93. The topological polar surface area (TPSA) is 39.1 Å². The highest BCUT2D eigenvalue weighted by atomic mass is 19.1. The molecule has 2 aromatic rings. The molecule has 2 aromatic carbocycles. The Kier molecular flexibility index (Phi) is 4.22.